The number of rotatable bonds is 2. The molecule has 0 fully saturated rings. The highest BCUT2D eigenvalue weighted by Gasteiger charge is 2.10. The van der Waals surface area contributed by atoms with Crippen molar-refractivity contribution in [2.45, 2.75) is 26.8 Å². The number of aryl methyl sites for hydroxylation is 1. The standard InChI is InChI=1S/C11H14ClNO/c1-7(2)13-11(14)9-6-8(3)4-5-10(9)12/h4-7H,1-3H3,(H,13,14). The van der Waals surface area contributed by atoms with Crippen molar-refractivity contribution < 1.29 is 4.79 Å². The van der Waals surface area contributed by atoms with Crippen LogP contribution in [0.1, 0.15) is 29.8 Å². The van der Waals surface area contributed by atoms with Gasteiger partial charge in [-0.2, -0.15) is 0 Å². The minimum absolute atomic E-state index is 0.117. The number of hydrogen-bond donors (Lipinski definition) is 1. The van der Waals surface area contributed by atoms with Crippen molar-refractivity contribution in [1.29, 1.82) is 0 Å². The molecule has 1 amide bonds. The van der Waals surface area contributed by atoms with E-state index in [4.69, 9.17) is 11.6 Å². The van der Waals surface area contributed by atoms with Gasteiger partial charge in [-0.15, -0.1) is 0 Å². The third-order valence-corrected chi connectivity index (χ3v) is 2.12. The molecular weight excluding hydrogens is 198 g/mol. The number of amides is 1. The first-order valence-corrected chi connectivity index (χ1v) is 4.95. The molecule has 2 nitrogen and oxygen atoms in total. The van der Waals surface area contributed by atoms with Crippen molar-refractivity contribution in [1.82, 2.24) is 5.32 Å². The normalized spacial score (nSPS) is 10.4. The Balaban J connectivity index is 2.94. The van der Waals surface area contributed by atoms with Crippen molar-refractivity contribution in [2.75, 3.05) is 0 Å². The summed E-state index contributed by atoms with van der Waals surface area (Å²) >= 11 is 5.91. The highest BCUT2D eigenvalue weighted by molar-refractivity contribution is 6.33. The van der Waals surface area contributed by atoms with Gasteiger partial charge in [-0.25, -0.2) is 0 Å². The lowest BCUT2D eigenvalue weighted by Crippen LogP contribution is -2.30. The zero-order valence-corrected chi connectivity index (χ0v) is 9.35. The fraction of sp³-hybridized carbons (Fsp3) is 0.364. The fourth-order valence-electron chi connectivity index (χ4n) is 1.15. The van der Waals surface area contributed by atoms with Crippen LogP contribution in [0.5, 0.6) is 0 Å². The minimum Gasteiger partial charge on any atom is -0.350 e. The van der Waals surface area contributed by atoms with Gasteiger partial charge in [0.2, 0.25) is 0 Å². The van der Waals surface area contributed by atoms with Gasteiger partial charge in [-0.3, -0.25) is 4.79 Å². The van der Waals surface area contributed by atoms with Crippen LogP contribution in [0.3, 0.4) is 0 Å². The smallest absolute Gasteiger partial charge is 0.252 e. The molecule has 0 spiro atoms. The summed E-state index contributed by atoms with van der Waals surface area (Å²) in [6.45, 7) is 5.77. The summed E-state index contributed by atoms with van der Waals surface area (Å²) < 4.78 is 0. The largest absolute Gasteiger partial charge is 0.350 e. The predicted octanol–water partition coefficient (Wildman–Crippen LogP) is 2.79. The van der Waals surface area contributed by atoms with Crippen LogP contribution in [0.15, 0.2) is 18.2 Å². The van der Waals surface area contributed by atoms with Gasteiger partial charge in [-0.1, -0.05) is 23.2 Å². The third-order valence-electron chi connectivity index (χ3n) is 1.79. The zero-order valence-electron chi connectivity index (χ0n) is 8.60. The van der Waals surface area contributed by atoms with E-state index >= 15 is 0 Å². The molecule has 0 aliphatic rings. The second kappa shape index (κ2) is 4.47. The van der Waals surface area contributed by atoms with Crippen LogP contribution in [0.4, 0.5) is 0 Å². The van der Waals surface area contributed by atoms with Crippen molar-refractivity contribution in [3.8, 4) is 0 Å². The Morgan fingerprint density at radius 1 is 1.43 bits per heavy atom. The lowest BCUT2D eigenvalue weighted by Gasteiger charge is -2.09. The highest BCUT2D eigenvalue weighted by atomic mass is 35.5. The van der Waals surface area contributed by atoms with Gasteiger partial charge in [0.05, 0.1) is 10.6 Å². The fourth-order valence-corrected chi connectivity index (χ4v) is 1.36. The van der Waals surface area contributed by atoms with E-state index in [0.29, 0.717) is 10.6 Å². The molecule has 0 aliphatic heterocycles. The van der Waals surface area contributed by atoms with Gasteiger partial charge in [0.15, 0.2) is 0 Å². The zero-order chi connectivity index (χ0) is 10.7. The molecule has 0 aliphatic carbocycles. The Labute approximate surface area is 89.3 Å². The summed E-state index contributed by atoms with van der Waals surface area (Å²) in [4.78, 5) is 11.6. The van der Waals surface area contributed by atoms with E-state index in [1.807, 2.05) is 26.8 Å². The number of hydrogen-bond acceptors (Lipinski definition) is 1. The maximum atomic E-state index is 11.6. The van der Waals surface area contributed by atoms with Crippen molar-refractivity contribution >= 4 is 17.5 Å². The van der Waals surface area contributed by atoms with Crippen molar-refractivity contribution in [3.05, 3.63) is 34.3 Å². The second-order valence-corrected chi connectivity index (χ2v) is 4.02. The molecule has 0 radical (unpaired) electrons. The van der Waals surface area contributed by atoms with Crippen LogP contribution in [-0.4, -0.2) is 11.9 Å². The van der Waals surface area contributed by atoms with Gasteiger partial charge in [0.1, 0.15) is 0 Å². The van der Waals surface area contributed by atoms with Crippen LogP contribution in [-0.2, 0) is 0 Å². The predicted molar refractivity (Wildman–Crippen MR) is 58.8 cm³/mol. The first-order chi connectivity index (χ1) is 6.50. The molecule has 1 rings (SSSR count). The molecule has 0 aromatic heterocycles. The van der Waals surface area contributed by atoms with Gasteiger partial charge in [0.25, 0.3) is 5.91 Å². The molecule has 0 atom stereocenters. The molecule has 76 valence electrons. The van der Waals surface area contributed by atoms with Gasteiger partial charge >= 0.3 is 0 Å². The first-order valence-electron chi connectivity index (χ1n) is 4.57. The van der Waals surface area contributed by atoms with Crippen molar-refractivity contribution in [2.24, 2.45) is 0 Å². The quantitative estimate of drug-likeness (QED) is 0.801. The maximum absolute atomic E-state index is 11.6. The molecule has 3 heteroatoms. The van der Waals surface area contributed by atoms with E-state index in [-0.39, 0.29) is 11.9 Å². The minimum atomic E-state index is -0.117. The molecule has 0 saturated heterocycles. The van der Waals surface area contributed by atoms with E-state index < -0.39 is 0 Å². The molecule has 0 heterocycles. The Kier molecular flexibility index (Phi) is 3.53. The van der Waals surface area contributed by atoms with Crippen LogP contribution in [0.25, 0.3) is 0 Å². The van der Waals surface area contributed by atoms with Crippen LogP contribution in [0, 0.1) is 6.92 Å². The van der Waals surface area contributed by atoms with E-state index in [1.54, 1.807) is 12.1 Å². The third kappa shape index (κ3) is 2.74. The van der Waals surface area contributed by atoms with Gasteiger partial charge in [-0.05, 0) is 32.9 Å². The number of carbonyl (C=O) groups excluding carboxylic acids is 1. The Hall–Kier alpha value is -1.02. The molecule has 0 saturated carbocycles. The highest BCUT2D eigenvalue weighted by Crippen LogP contribution is 2.17. The molecule has 0 bridgehead atoms. The molecule has 0 unspecified atom stereocenters. The molecule has 1 aromatic carbocycles. The topological polar surface area (TPSA) is 29.1 Å². The monoisotopic (exact) mass is 211 g/mol. The van der Waals surface area contributed by atoms with E-state index in [2.05, 4.69) is 5.32 Å². The Bertz CT molecular complexity index is 347. The van der Waals surface area contributed by atoms with E-state index in [0.717, 1.165) is 5.56 Å². The first kappa shape index (κ1) is 11.1. The SMILES string of the molecule is Cc1ccc(Cl)c(C(=O)NC(C)C)c1. The van der Waals surface area contributed by atoms with E-state index in [9.17, 15) is 4.79 Å². The van der Waals surface area contributed by atoms with Crippen LogP contribution in [0.2, 0.25) is 5.02 Å². The number of halogens is 1. The molecule has 14 heavy (non-hydrogen) atoms. The van der Waals surface area contributed by atoms with E-state index in [1.165, 1.54) is 0 Å². The van der Waals surface area contributed by atoms with Crippen LogP contribution < -0.4 is 5.32 Å². The molecule has 1 N–H and O–H groups in total. The Morgan fingerprint density at radius 2 is 2.07 bits per heavy atom. The van der Waals surface area contributed by atoms with Crippen LogP contribution >= 0.6 is 11.6 Å². The maximum Gasteiger partial charge on any atom is 0.252 e. The Morgan fingerprint density at radius 3 is 2.64 bits per heavy atom. The average Bonchev–Trinajstić information content (AvgIpc) is 2.08. The van der Waals surface area contributed by atoms with Gasteiger partial charge in [0, 0.05) is 6.04 Å². The summed E-state index contributed by atoms with van der Waals surface area (Å²) in [6, 6.07) is 5.54. The second-order valence-electron chi connectivity index (χ2n) is 3.61. The summed E-state index contributed by atoms with van der Waals surface area (Å²) in [6.07, 6.45) is 0. The molecule has 1 aromatic rings. The van der Waals surface area contributed by atoms with Crippen molar-refractivity contribution in [3.63, 3.8) is 0 Å². The summed E-state index contributed by atoms with van der Waals surface area (Å²) in [5, 5.41) is 3.30. The average molecular weight is 212 g/mol. The number of nitrogens with one attached hydrogen (secondary N) is 1. The lowest BCUT2D eigenvalue weighted by atomic mass is 10.1. The van der Waals surface area contributed by atoms with Gasteiger partial charge < -0.3 is 5.32 Å². The summed E-state index contributed by atoms with van der Waals surface area (Å²) in [5.74, 6) is -0.117. The summed E-state index contributed by atoms with van der Waals surface area (Å²) in [7, 11) is 0. The summed E-state index contributed by atoms with van der Waals surface area (Å²) in [5.41, 5.74) is 1.57. The number of carbonyl (C=O) groups is 1. The lowest BCUT2D eigenvalue weighted by molar-refractivity contribution is 0.0943. The molecular formula is C11H14ClNO. The number of benzene rings is 1.